The van der Waals surface area contributed by atoms with Crippen molar-refractivity contribution in [3.05, 3.63) is 53.6 Å². The predicted molar refractivity (Wildman–Crippen MR) is 105 cm³/mol. The van der Waals surface area contributed by atoms with Crippen LogP contribution in [0.15, 0.2) is 47.5 Å². The molecule has 0 fully saturated rings. The Morgan fingerprint density at radius 2 is 1.59 bits per heavy atom. The van der Waals surface area contributed by atoms with Crippen LogP contribution in [0.5, 0.6) is 17.2 Å². The number of methoxy groups -OCH3 is 2. The molecule has 0 atom stereocenters. The molecule has 158 valence electrons. The van der Waals surface area contributed by atoms with E-state index in [2.05, 4.69) is 20.4 Å². The van der Waals surface area contributed by atoms with Crippen LogP contribution >= 0.6 is 0 Å². The molecule has 0 spiro atoms. The first kappa shape index (κ1) is 22.2. The largest absolute Gasteiger partial charge is 0.573 e. The molecular formula is C20H24F3N3O3. The van der Waals surface area contributed by atoms with E-state index in [9.17, 15) is 13.2 Å². The monoisotopic (exact) mass is 411 g/mol. The molecule has 0 aliphatic carbocycles. The summed E-state index contributed by atoms with van der Waals surface area (Å²) in [5.41, 5.74) is 1.87. The van der Waals surface area contributed by atoms with E-state index in [4.69, 9.17) is 9.47 Å². The third kappa shape index (κ3) is 7.44. The molecule has 0 unspecified atom stereocenters. The van der Waals surface area contributed by atoms with Crippen LogP contribution in [-0.2, 0) is 13.0 Å². The molecule has 6 nitrogen and oxygen atoms in total. The number of rotatable bonds is 8. The van der Waals surface area contributed by atoms with E-state index in [-0.39, 0.29) is 5.75 Å². The van der Waals surface area contributed by atoms with Crippen molar-refractivity contribution < 1.29 is 27.4 Å². The van der Waals surface area contributed by atoms with Crippen LogP contribution in [-0.4, -0.2) is 40.1 Å². The average Bonchev–Trinajstić information content (AvgIpc) is 2.70. The molecule has 9 heteroatoms. The van der Waals surface area contributed by atoms with Gasteiger partial charge in [0.25, 0.3) is 0 Å². The highest BCUT2D eigenvalue weighted by Crippen LogP contribution is 2.27. The van der Waals surface area contributed by atoms with E-state index in [0.717, 1.165) is 11.1 Å². The van der Waals surface area contributed by atoms with E-state index in [1.54, 1.807) is 33.4 Å². The molecule has 0 saturated heterocycles. The zero-order valence-electron chi connectivity index (χ0n) is 16.5. The summed E-state index contributed by atoms with van der Waals surface area (Å²) in [6.07, 6.45) is -4.07. The Kier molecular flexibility index (Phi) is 7.99. The van der Waals surface area contributed by atoms with Gasteiger partial charge in [-0.15, -0.1) is 13.2 Å². The summed E-state index contributed by atoms with van der Waals surface area (Å²) < 4.78 is 50.9. The number of ether oxygens (including phenoxy) is 3. The average molecular weight is 411 g/mol. The Labute approximate surface area is 167 Å². The number of nitrogens with zero attached hydrogens (tertiary/aromatic N) is 1. The summed E-state index contributed by atoms with van der Waals surface area (Å²) in [4.78, 5) is 4.16. The normalized spacial score (nSPS) is 11.7. The fourth-order valence-electron chi connectivity index (χ4n) is 2.58. The second-order valence-electron chi connectivity index (χ2n) is 5.98. The topological polar surface area (TPSA) is 64.1 Å². The van der Waals surface area contributed by atoms with Crippen LogP contribution < -0.4 is 24.8 Å². The predicted octanol–water partition coefficient (Wildman–Crippen LogP) is 3.51. The van der Waals surface area contributed by atoms with Gasteiger partial charge < -0.3 is 24.8 Å². The van der Waals surface area contributed by atoms with Crippen LogP contribution in [0, 0.1) is 0 Å². The van der Waals surface area contributed by atoms with Crippen LogP contribution in [0.2, 0.25) is 0 Å². The molecule has 0 heterocycles. The number of guanidine groups is 1. The summed E-state index contributed by atoms with van der Waals surface area (Å²) in [6, 6.07) is 11.4. The van der Waals surface area contributed by atoms with Crippen molar-refractivity contribution in [2.24, 2.45) is 4.99 Å². The molecule has 0 aliphatic rings. The minimum atomic E-state index is -4.69. The molecule has 0 amide bonds. The fraction of sp³-hybridized carbons (Fsp3) is 0.350. The number of benzene rings is 2. The van der Waals surface area contributed by atoms with Crippen LogP contribution in [0.25, 0.3) is 0 Å². The van der Waals surface area contributed by atoms with Crippen molar-refractivity contribution in [1.82, 2.24) is 10.6 Å². The highest BCUT2D eigenvalue weighted by Gasteiger charge is 2.30. The van der Waals surface area contributed by atoms with Crippen LogP contribution in [0.3, 0.4) is 0 Å². The molecule has 2 aromatic rings. The summed E-state index contributed by atoms with van der Waals surface area (Å²) in [5, 5.41) is 6.36. The van der Waals surface area contributed by atoms with Crippen LogP contribution in [0.4, 0.5) is 13.2 Å². The van der Waals surface area contributed by atoms with E-state index < -0.39 is 6.36 Å². The number of nitrogens with one attached hydrogen (secondary N) is 2. The van der Waals surface area contributed by atoms with E-state index >= 15 is 0 Å². The Morgan fingerprint density at radius 1 is 0.931 bits per heavy atom. The highest BCUT2D eigenvalue weighted by molar-refractivity contribution is 5.79. The van der Waals surface area contributed by atoms with Gasteiger partial charge in [0.2, 0.25) is 0 Å². The number of hydrogen-bond donors (Lipinski definition) is 2. The van der Waals surface area contributed by atoms with Gasteiger partial charge in [0.15, 0.2) is 17.5 Å². The fourth-order valence-corrected chi connectivity index (χ4v) is 2.58. The van der Waals surface area contributed by atoms with Gasteiger partial charge in [-0.2, -0.15) is 0 Å². The second kappa shape index (κ2) is 10.4. The first-order valence-corrected chi connectivity index (χ1v) is 8.84. The molecule has 0 radical (unpaired) electrons. The number of halogens is 3. The van der Waals surface area contributed by atoms with Crippen molar-refractivity contribution in [3.8, 4) is 17.2 Å². The van der Waals surface area contributed by atoms with Crippen molar-refractivity contribution in [2.45, 2.75) is 19.3 Å². The Balaban J connectivity index is 1.81. The van der Waals surface area contributed by atoms with Gasteiger partial charge in [-0.1, -0.05) is 18.2 Å². The zero-order chi connectivity index (χ0) is 21.3. The lowest BCUT2D eigenvalue weighted by Crippen LogP contribution is -2.37. The number of aliphatic imine (C=N–C) groups is 1. The van der Waals surface area contributed by atoms with Gasteiger partial charge in [0.1, 0.15) is 5.75 Å². The maximum atomic E-state index is 12.2. The lowest BCUT2D eigenvalue weighted by atomic mass is 10.1. The lowest BCUT2D eigenvalue weighted by Gasteiger charge is -2.14. The highest BCUT2D eigenvalue weighted by atomic mass is 19.4. The first-order valence-electron chi connectivity index (χ1n) is 8.84. The molecule has 2 N–H and O–H groups in total. The molecule has 0 aliphatic heterocycles. The summed E-state index contributed by atoms with van der Waals surface area (Å²) in [6.45, 7) is 1.09. The van der Waals surface area contributed by atoms with Gasteiger partial charge >= 0.3 is 6.36 Å². The first-order chi connectivity index (χ1) is 13.8. The smallest absolute Gasteiger partial charge is 0.493 e. The SMILES string of the molecule is CN=C(NCCc1ccc(OC(F)(F)F)cc1)NCc1ccc(OC)c(OC)c1. The molecular weight excluding hydrogens is 387 g/mol. The van der Waals surface area contributed by atoms with Crippen LogP contribution in [0.1, 0.15) is 11.1 Å². The number of alkyl halides is 3. The van der Waals surface area contributed by atoms with Crippen molar-refractivity contribution in [2.75, 3.05) is 27.8 Å². The van der Waals surface area contributed by atoms with Gasteiger partial charge in [-0.05, 0) is 41.8 Å². The van der Waals surface area contributed by atoms with E-state index in [1.165, 1.54) is 12.1 Å². The third-order valence-corrected chi connectivity index (χ3v) is 3.99. The van der Waals surface area contributed by atoms with Gasteiger partial charge in [-0.25, -0.2) is 0 Å². The molecule has 2 aromatic carbocycles. The maximum Gasteiger partial charge on any atom is 0.573 e. The van der Waals surface area contributed by atoms with E-state index in [0.29, 0.717) is 37.0 Å². The zero-order valence-corrected chi connectivity index (χ0v) is 16.5. The standard InChI is InChI=1S/C20H24F3N3O3/c1-24-19(26-13-15-6-9-17(27-2)18(12-15)28-3)25-11-10-14-4-7-16(8-5-14)29-20(21,22)23/h4-9,12H,10-11,13H2,1-3H3,(H2,24,25,26). The molecule has 2 rings (SSSR count). The van der Waals surface area contributed by atoms with Gasteiger partial charge in [0, 0.05) is 20.1 Å². The van der Waals surface area contributed by atoms with Gasteiger partial charge in [0.05, 0.1) is 14.2 Å². The maximum absolute atomic E-state index is 12.2. The minimum Gasteiger partial charge on any atom is -0.493 e. The molecule has 0 saturated carbocycles. The summed E-state index contributed by atoms with van der Waals surface area (Å²) >= 11 is 0. The van der Waals surface area contributed by atoms with Crippen molar-refractivity contribution in [3.63, 3.8) is 0 Å². The van der Waals surface area contributed by atoms with Crippen molar-refractivity contribution in [1.29, 1.82) is 0 Å². The van der Waals surface area contributed by atoms with Crippen molar-refractivity contribution >= 4 is 5.96 Å². The third-order valence-electron chi connectivity index (χ3n) is 3.99. The Bertz CT molecular complexity index is 809. The lowest BCUT2D eigenvalue weighted by molar-refractivity contribution is -0.274. The van der Waals surface area contributed by atoms with Gasteiger partial charge in [-0.3, -0.25) is 4.99 Å². The van der Waals surface area contributed by atoms with E-state index in [1.807, 2.05) is 18.2 Å². The summed E-state index contributed by atoms with van der Waals surface area (Å²) in [7, 11) is 4.82. The number of hydrogen-bond acceptors (Lipinski definition) is 4. The Hall–Kier alpha value is -3.10. The Morgan fingerprint density at radius 3 is 2.17 bits per heavy atom. The quantitative estimate of drug-likeness (QED) is 0.514. The summed E-state index contributed by atoms with van der Waals surface area (Å²) in [5.74, 6) is 1.68. The second-order valence-corrected chi connectivity index (χ2v) is 5.98. The minimum absolute atomic E-state index is 0.235. The molecule has 0 aromatic heterocycles. The molecule has 29 heavy (non-hydrogen) atoms. The molecule has 0 bridgehead atoms.